The highest BCUT2D eigenvalue weighted by molar-refractivity contribution is 5.69. The molecule has 4 nitrogen and oxygen atoms in total. The molecule has 2 aliphatic rings. The highest BCUT2D eigenvalue weighted by Crippen LogP contribution is 2.46. The topological polar surface area (TPSA) is 49.8 Å². The molecule has 2 atom stereocenters. The first-order valence-corrected chi connectivity index (χ1v) is 9.43. The predicted molar refractivity (Wildman–Crippen MR) is 98.5 cm³/mol. The van der Waals surface area contributed by atoms with Gasteiger partial charge in [0.1, 0.15) is 5.60 Å². The van der Waals surface area contributed by atoms with Crippen molar-refractivity contribution in [1.29, 1.82) is 0 Å². The number of rotatable bonds is 2. The summed E-state index contributed by atoms with van der Waals surface area (Å²) in [5, 5.41) is 11.4. The van der Waals surface area contributed by atoms with Crippen molar-refractivity contribution >= 4 is 6.09 Å². The molecule has 0 spiro atoms. The van der Waals surface area contributed by atoms with Crippen molar-refractivity contribution in [3.05, 3.63) is 35.4 Å². The number of hydrogen-bond donors (Lipinski definition) is 1. The molecule has 2 saturated heterocycles. The molecule has 1 amide bonds. The summed E-state index contributed by atoms with van der Waals surface area (Å²) in [6, 6.07) is 8.41. The largest absolute Gasteiger partial charge is 0.444 e. The molecule has 138 valence electrons. The number of ether oxygens (including phenoxy) is 1. The van der Waals surface area contributed by atoms with Gasteiger partial charge in [-0.25, -0.2) is 4.79 Å². The molecule has 25 heavy (non-hydrogen) atoms. The minimum Gasteiger partial charge on any atom is -0.444 e. The van der Waals surface area contributed by atoms with Crippen LogP contribution in [0.2, 0.25) is 0 Å². The van der Waals surface area contributed by atoms with Crippen molar-refractivity contribution in [3.8, 4) is 0 Å². The van der Waals surface area contributed by atoms with Gasteiger partial charge in [0, 0.05) is 24.9 Å². The third-order valence-electron chi connectivity index (χ3n) is 5.46. The van der Waals surface area contributed by atoms with E-state index >= 15 is 0 Å². The lowest BCUT2D eigenvalue weighted by Crippen LogP contribution is -2.53. The average Bonchev–Trinajstić information content (AvgIpc) is 2.78. The van der Waals surface area contributed by atoms with Crippen LogP contribution in [-0.2, 0) is 10.3 Å². The molecule has 2 bridgehead atoms. The molecule has 0 saturated carbocycles. The molecule has 0 radical (unpaired) electrons. The van der Waals surface area contributed by atoms with E-state index in [1.807, 2.05) is 37.8 Å². The zero-order valence-electron chi connectivity index (χ0n) is 16.1. The van der Waals surface area contributed by atoms with Crippen LogP contribution in [0.3, 0.4) is 0 Å². The summed E-state index contributed by atoms with van der Waals surface area (Å²) < 4.78 is 5.59. The van der Waals surface area contributed by atoms with E-state index in [1.165, 1.54) is 5.56 Å². The Balaban J connectivity index is 1.81. The number of carbonyl (C=O) groups excluding carboxylic acids is 1. The molecule has 2 aliphatic heterocycles. The van der Waals surface area contributed by atoms with E-state index in [2.05, 4.69) is 26.0 Å². The second-order valence-corrected chi connectivity index (χ2v) is 8.99. The standard InChI is InChI=1S/C21H31NO3/c1-14(2)15-7-6-8-16(11-15)21(24)12-17-9-10-18(13-21)22(17)19(23)25-20(3,4)5/h6-8,11,14,17-18,24H,9-10,12-13H2,1-5H3. The van der Waals surface area contributed by atoms with E-state index in [-0.39, 0.29) is 18.2 Å². The van der Waals surface area contributed by atoms with E-state index in [0.717, 1.165) is 18.4 Å². The first kappa shape index (κ1) is 18.2. The summed E-state index contributed by atoms with van der Waals surface area (Å²) in [6.07, 6.45) is 2.82. The molecule has 4 heteroatoms. The van der Waals surface area contributed by atoms with Gasteiger partial charge in [0.2, 0.25) is 0 Å². The molecule has 2 heterocycles. The van der Waals surface area contributed by atoms with E-state index in [4.69, 9.17) is 4.74 Å². The molecule has 1 aromatic rings. The third-order valence-corrected chi connectivity index (χ3v) is 5.46. The summed E-state index contributed by atoms with van der Waals surface area (Å²) in [4.78, 5) is 14.5. The molecule has 2 fully saturated rings. The fourth-order valence-corrected chi connectivity index (χ4v) is 4.26. The van der Waals surface area contributed by atoms with Crippen molar-refractivity contribution in [1.82, 2.24) is 4.90 Å². The first-order chi connectivity index (χ1) is 11.6. The lowest BCUT2D eigenvalue weighted by molar-refractivity contribution is -0.0624. The van der Waals surface area contributed by atoms with Crippen LogP contribution in [0.15, 0.2) is 24.3 Å². The Labute approximate surface area is 151 Å². The number of amides is 1. The maximum absolute atomic E-state index is 12.6. The first-order valence-electron chi connectivity index (χ1n) is 9.43. The van der Waals surface area contributed by atoms with Crippen molar-refractivity contribution in [2.75, 3.05) is 0 Å². The average molecular weight is 345 g/mol. The van der Waals surface area contributed by atoms with Gasteiger partial charge in [-0.3, -0.25) is 0 Å². The van der Waals surface area contributed by atoms with Crippen molar-refractivity contribution in [2.24, 2.45) is 0 Å². The second kappa shape index (κ2) is 6.31. The van der Waals surface area contributed by atoms with Gasteiger partial charge in [0.25, 0.3) is 0 Å². The summed E-state index contributed by atoms with van der Waals surface area (Å²) in [7, 11) is 0. The molecular formula is C21H31NO3. The van der Waals surface area contributed by atoms with Crippen LogP contribution in [0.25, 0.3) is 0 Å². The highest BCUT2D eigenvalue weighted by Gasteiger charge is 2.51. The smallest absolute Gasteiger partial charge is 0.410 e. The van der Waals surface area contributed by atoms with E-state index in [1.54, 1.807) is 0 Å². The molecular weight excluding hydrogens is 314 g/mol. The van der Waals surface area contributed by atoms with Gasteiger partial charge in [-0.1, -0.05) is 38.1 Å². The van der Waals surface area contributed by atoms with Gasteiger partial charge in [-0.05, 0) is 50.7 Å². The van der Waals surface area contributed by atoms with Crippen molar-refractivity contribution in [3.63, 3.8) is 0 Å². The Bertz CT molecular complexity index is 633. The Morgan fingerprint density at radius 1 is 1.24 bits per heavy atom. The summed E-state index contributed by atoms with van der Waals surface area (Å²) in [5.41, 5.74) is 0.887. The van der Waals surface area contributed by atoms with Gasteiger partial charge in [0.15, 0.2) is 0 Å². The number of piperidine rings is 1. The number of nitrogens with zero attached hydrogens (tertiary/aromatic N) is 1. The molecule has 2 unspecified atom stereocenters. The quantitative estimate of drug-likeness (QED) is 0.855. The maximum atomic E-state index is 12.6. The zero-order chi connectivity index (χ0) is 18.4. The zero-order valence-corrected chi connectivity index (χ0v) is 16.1. The molecule has 1 N–H and O–H groups in total. The Morgan fingerprint density at radius 3 is 2.36 bits per heavy atom. The highest BCUT2D eigenvalue weighted by atomic mass is 16.6. The second-order valence-electron chi connectivity index (χ2n) is 8.99. The monoisotopic (exact) mass is 345 g/mol. The number of hydrogen-bond acceptors (Lipinski definition) is 3. The third kappa shape index (κ3) is 3.69. The van der Waals surface area contributed by atoms with Crippen LogP contribution < -0.4 is 0 Å². The van der Waals surface area contributed by atoms with Gasteiger partial charge in [-0.2, -0.15) is 0 Å². The fourth-order valence-electron chi connectivity index (χ4n) is 4.26. The van der Waals surface area contributed by atoms with Gasteiger partial charge in [0.05, 0.1) is 5.60 Å². The van der Waals surface area contributed by atoms with Gasteiger partial charge in [-0.15, -0.1) is 0 Å². The number of fused-ring (bicyclic) bond motifs is 2. The molecule has 0 aromatic heterocycles. The van der Waals surface area contributed by atoms with E-state index in [9.17, 15) is 9.90 Å². The van der Waals surface area contributed by atoms with Gasteiger partial charge < -0.3 is 14.7 Å². The summed E-state index contributed by atoms with van der Waals surface area (Å²) in [6.45, 7) is 10.0. The Kier molecular flexibility index (Phi) is 4.61. The molecule has 3 rings (SSSR count). The number of aliphatic hydroxyl groups is 1. The van der Waals surface area contributed by atoms with Crippen LogP contribution in [0.1, 0.15) is 77.3 Å². The molecule has 0 aliphatic carbocycles. The number of benzene rings is 1. The number of carbonyl (C=O) groups is 1. The minimum atomic E-state index is -0.852. The summed E-state index contributed by atoms with van der Waals surface area (Å²) >= 11 is 0. The van der Waals surface area contributed by atoms with Crippen LogP contribution in [-0.4, -0.2) is 33.8 Å². The SMILES string of the molecule is CC(C)c1cccc(C2(O)CC3CCC(C2)N3C(=O)OC(C)(C)C)c1. The fraction of sp³-hybridized carbons (Fsp3) is 0.667. The predicted octanol–water partition coefficient (Wildman–Crippen LogP) is 4.56. The lowest BCUT2D eigenvalue weighted by atomic mass is 9.79. The molecule has 1 aromatic carbocycles. The van der Waals surface area contributed by atoms with E-state index < -0.39 is 11.2 Å². The van der Waals surface area contributed by atoms with Crippen molar-refractivity contribution < 1.29 is 14.6 Å². The van der Waals surface area contributed by atoms with E-state index in [0.29, 0.717) is 18.8 Å². The van der Waals surface area contributed by atoms with Crippen LogP contribution in [0, 0.1) is 0 Å². The normalized spacial score (nSPS) is 29.2. The van der Waals surface area contributed by atoms with Crippen molar-refractivity contribution in [2.45, 2.75) is 89.5 Å². The van der Waals surface area contributed by atoms with Crippen LogP contribution >= 0.6 is 0 Å². The Morgan fingerprint density at radius 2 is 1.84 bits per heavy atom. The van der Waals surface area contributed by atoms with Crippen LogP contribution in [0.5, 0.6) is 0 Å². The summed E-state index contributed by atoms with van der Waals surface area (Å²) in [5.74, 6) is 0.433. The Hall–Kier alpha value is -1.55. The lowest BCUT2D eigenvalue weighted by Gasteiger charge is -2.44. The minimum absolute atomic E-state index is 0.0568. The van der Waals surface area contributed by atoms with Crippen LogP contribution in [0.4, 0.5) is 4.79 Å². The maximum Gasteiger partial charge on any atom is 0.410 e. The van der Waals surface area contributed by atoms with Gasteiger partial charge >= 0.3 is 6.09 Å².